The zero-order chi connectivity index (χ0) is 20.9. The van der Waals surface area contributed by atoms with E-state index in [0.717, 1.165) is 0 Å². The molecule has 3 atom stereocenters. The third-order valence-corrected chi connectivity index (χ3v) is 4.13. The van der Waals surface area contributed by atoms with E-state index in [9.17, 15) is 14.4 Å². The van der Waals surface area contributed by atoms with Crippen LogP contribution in [-0.4, -0.2) is 36.7 Å². The van der Waals surface area contributed by atoms with Crippen LogP contribution in [0.1, 0.15) is 53.4 Å². The molecule has 0 saturated carbocycles. The molecule has 6 nitrogen and oxygen atoms in total. The molecule has 0 amide bonds. The smallest absolute Gasteiger partial charge is 0.462 e. The number of hydrogen-bond donors (Lipinski definition) is 0. The van der Waals surface area contributed by atoms with Crippen LogP contribution < -0.4 is 0 Å². The van der Waals surface area contributed by atoms with E-state index in [1.807, 2.05) is 6.92 Å². The van der Waals surface area contributed by atoms with Gasteiger partial charge in [-0.15, -0.1) is 6.58 Å². The van der Waals surface area contributed by atoms with E-state index in [4.69, 9.17) is 14.2 Å². The number of ketones is 1. The average molecular weight is 380 g/mol. The summed E-state index contributed by atoms with van der Waals surface area (Å²) >= 11 is 0. The topological polar surface area (TPSA) is 78.9 Å². The van der Waals surface area contributed by atoms with Crippen molar-refractivity contribution in [2.45, 2.75) is 65.6 Å². The van der Waals surface area contributed by atoms with Crippen LogP contribution in [0.15, 0.2) is 37.5 Å². The van der Waals surface area contributed by atoms with Gasteiger partial charge in [-0.3, -0.25) is 9.59 Å². The Labute approximate surface area is 162 Å². The zero-order valence-electron chi connectivity index (χ0n) is 16.9. The number of esters is 1. The Morgan fingerprint density at radius 1 is 1.07 bits per heavy atom. The van der Waals surface area contributed by atoms with Crippen molar-refractivity contribution in [3.8, 4) is 0 Å². The van der Waals surface area contributed by atoms with Crippen LogP contribution in [0.25, 0.3) is 0 Å². The van der Waals surface area contributed by atoms with Gasteiger partial charge in [0.1, 0.15) is 30.0 Å². The molecule has 0 aromatic heterocycles. The van der Waals surface area contributed by atoms with Crippen LogP contribution in [0.5, 0.6) is 0 Å². The Morgan fingerprint density at radius 2 is 1.70 bits per heavy atom. The van der Waals surface area contributed by atoms with E-state index >= 15 is 0 Å². The van der Waals surface area contributed by atoms with E-state index in [1.165, 1.54) is 13.0 Å². The first kappa shape index (κ1) is 24.6. The SMILES string of the molecule is C=CCCC(C/C=C\C)(C(C)=O)C(=O)O[C@H](C)C[C@H](C)OC(=O)OCC=C. The molecule has 0 aliphatic carbocycles. The lowest BCUT2D eigenvalue weighted by atomic mass is 9.76. The maximum atomic E-state index is 12.8. The Bertz CT molecular complexity index is 551. The second-order valence-corrected chi connectivity index (χ2v) is 6.47. The van der Waals surface area contributed by atoms with E-state index in [-0.39, 0.29) is 25.2 Å². The van der Waals surface area contributed by atoms with Gasteiger partial charge < -0.3 is 14.2 Å². The molecule has 0 spiro atoms. The van der Waals surface area contributed by atoms with Gasteiger partial charge in [-0.1, -0.05) is 30.9 Å². The van der Waals surface area contributed by atoms with Crippen molar-refractivity contribution in [1.82, 2.24) is 0 Å². The summed E-state index contributed by atoms with van der Waals surface area (Å²) in [6.45, 7) is 13.8. The Kier molecular flexibility index (Phi) is 11.8. The molecule has 0 aromatic carbocycles. The standard InChI is InChI=1S/C21H32O6/c1-7-10-12-21(18(6)22,13-11-8-2)19(23)26-16(4)15-17(5)27-20(24)25-14-9-3/h7-9,11,16-17H,1,3,10,12-15H2,2,4-6H3/b11-8-/t16-,17+,21?/m1/s1. The fourth-order valence-electron chi connectivity index (χ4n) is 2.60. The number of carbonyl (C=O) groups excluding carboxylic acids is 3. The molecule has 0 aliphatic heterocycles. The van der Waals surface area contributed by atoms with Crippen molar-refractivity contribution in [1.29, 1.82) is 0 Å². The molecule has 0 saturated heterocycles. The lowest BCUT2D eigenvalue weighted by Crippen LogP contribution is -2.41. The van der Waals surface area contributed by atoms with Crippen molar-refractivity contribution in [3.05, 3.63) is 37.5 Å². The van der Waals surface area contributed by atoms with Crippen molar-refractivity contribution in [2.75, 3.05) is 6.61 Å². The zero-order valence-corrected chi connectivity index (χ0v) is 16.9. The van der Waals surface area contributed by atoms with E-state index in [0.29, 0.717) is 12.8 Å². The van der Waals surface area contributed by atoms with Crippen molar-refractivity contribution >= 4 is 17.9 Å². The highest BCUT2D eigenvalue weighted by Gasteiger charge is 2.43. The summed E-state index contributed by atoms with van der Waals surface area (Å²) in [5.41, 5.74) is -1.23. The highest BCUT2D eigenvalue weighted by molar-refractivity contribution is 6.03. The number of carbonyl (C=O) groups is 3. The molecule has 6 heteroatoms. The number of rotatable bonds is 13. The predicted octanol–water partition coefficient (Wildman–Crippen LogP) is 4.54. The summed E-state index contributed by atoms with van der Waals surface area (Å²) in [7, 11) is 0. The molecule has 152 valence electrons. The molecule has 0 rings (SSSR count). The van der Waals surface area contributed by atoms with Crippen molar-refractivity contribution in [3.63, 3.8) is 0 Å². The third-order valence-electron chi connectivity index (χ3n) is 4.13. The minimum atomic E-state index is -1.23. The number of hydrogen-bond acceptors (Lipinski definition) is 6. The summed E-state index contributed by atoms with van der Waals surface area (Å²) in [6.07, 6.45) is 6.26. The monoisotopic (exact) mass is 380 g/mol. The third kappa shape index (κ3) is 8.71. The van der Waals surface area contributed by atoms with Gasteiger partial charge in [-0.05, 0) is 47.0 Å². The van der Waals surface area contributed by atoms with Gasteiger partial charge in [0.05, 0.1) is 0 Å². The molecule has 0 aromatic rings. The molecular formula is C21H32O6. The van der Waals surface area contributed by atoms with Crippen LogP contribution in [0, 0.1) is 5.41 Å². The van der Waals surface area contributed by atoms with Gasteiger partial charge >= 0.3 is 12.1 Å². The van der Waals surface area contributed by atoms with Crippen molar-refractivity contribution < 1.29 is 28.6 Å². The molecule has 0 bridgehead atoms. The molecule has 0 fully saturated rings. The first-order valence-electron chi connectivity index (χ1n) is 9.12. The minimum absolute atomic E-state index is 0.0610. The lowest BCUT2D eigenvalue weighted by molar-refractivity contribution is -0.165. The average Bonchev–Trinajstić information content (AvgIpc) is 2.59. The maximum absolute atomic E-state index is 12.8. The summed E-state index contributed by atoms with van der Waals surface area (Å²) in [6, 6.07) is 0. The van der Waals surface area contributed by atoms with Gasteiger partial charge in [0.15, 0.2) is 0 Å². The minimum Gasteiger partial charge on any atom is -0.462 e. The summed E-state index contributed by atoms with van der Waals surface area (Å²) in [4.78, 5) is 36.6. The summed E-state index contributed by atoms with van der Waals surface area (Å²) < 4.78 is 15.4. The number of Topliss-reactive ketones (excluding diaryl/α,β-unsaturated/α-hetero) is 1. The van der Waals surface area contributed by atoms with Crippen LogP contribution in [-0.2, 0) is 23.8 Å². The van der Waals surface area contributed by atoms with Gasteiger partial charge in [0, 0.05) is 6.42 Å². The number of ether oxygens (including phenoxy) is 3. The van der Waals surface area contributed by atoms with Crippen LogP contribution in [0.4, 0.5) is 4.79 Å². The summed E-state index contributed by atoms with van der Waals surface area (Å²) in [5, 5.41) is 0. The lowest BCUT2D eigenvalue weighted by Gasteiger charge is -2.29. The van der Waals surface area contributed by atoms with Crippen LogP contribution in [0.2, 0.25) is 0 Å². The largest absolute Gasteiger partial charge is 0.508 e. The van der Waals surface area contributed by atoms with Gasteiger partial charge in [-0.25, -0.2) is 4.79 Å². The fraction of sp³-hybridized carbons (Fsp3) is 0.571. The van der Waals surface area contributed by atoms with Gasteiger partial charge in [-0.2, -0.15) is 0 Å². The normalized spacial score (nSPS) is 15.3. The second kappa shape index (κ2) is 12.9. The maximum Gasteiger partial charge on any atom is 0.508 e. The van der Waals surface area contributed by atoms with E-state index in [2.05, 4.69) is 13.2 Å². The highest BCUT2D eigenvalue weighted by Crippen LogP contribution is 2.33. The number of allylic oxidation sites excluding steroid dienone is 3. The first-order valence-corrected chi connectivity index (χ1v) is 9.12. The molecule has 1 unspecified atom stereocenters. The Hall–Kier alpha value is -2.37. The van der Waals surface area contributed by atoms with Gasteiger partial charge in [0.2, 0.25) is 0 Å². The molecule has 0 radical (unpaired) electrons. The molecule has 0 aliphatic rings. The molecular weight excluding hydrogens is 348 g/mol. The summed E-state index contributed by atoms with van der Waals surface area (Å²) in [5.74, 6) is -0.805. The van der Waals surface area contributed by atoms with Crippen LogP contribution >= 0.6 is 0 Å². The predicted molar refractivity (Wildman–Crippen MR) is 104 cm³/mol. The first-order chi connectivity index (χ1) is 12.7. The van der Waals surface area contributed by atoms with Gasteiger partial charge in [0.25, 0.3) is 0 Å². The molecule has 0 heterocycles. The molecule has 0 N–H and O–H groups in total. The van der Waals surface area contributed by atoms with Crippen molar-refractivity contribution in [2.24, 2.45) is 5.41 Å². The van der Waals surface area contributed by atoms with E-state index < -0.39 is 29.7 Å². The van der Waals surface area contributed by atoms with E-state index in [1.54, 1.807) is 32.1 Å². The molecule has 27 heavy (non-hydrogen) atoms. The Morgan fingerprint density at radius 3 is 2.22 bits per heavy atom. The Balaban J connectivity index is 4.98. The highest BCUT2D eigenvalue weighted by atomic mass is 16.7. The van der Waals surface area contributed by atoms with Crippen LogP contribution in [0.3, 0.4) is 0 Å². The fourth-order valence-corrected chi connectivity index (χ4v) is 2.60. The second-order valence-electron chi connectivity index (χ2n) is 6.47. The quantitative estimate of drug-likeness (QED) is 0.265.